The number of thioether (sulfide) groups is 1. The van der Waals surface area contributed by atoms with E-state index >= 15 is 0 Å². The summed E-state index contributed by atoms with van der Waals surface area (Å²) in [5.41, 5.74) is -0.491. The van der Waals surface area contributed by atoms with Crippen LogP contribution in [0.25, 0.3) is 0 Å². The normalized spacial score (nSPS) is 23.1. The second-order valence-electron chi connectivity index (χ2n) is 5.74. The molecule has 1 aliphatic rings. The highest BCUT2D eigenvalue weighted by Gasteiger charge is 2.30. The zero-order valence-corrected chi connectivity index (χ0v) is 12.6. The molecule has 0 bridgehead atoms. The largest absolute Gasteiger partial charge is 0.481 e. The molecule has 0 radical (unpaired) electrons. The molecule has 2 unspecified atom stereocenters. The van der Waals surface area contributed by atoms with Crippen LogP contribution in [0.15, 0.2) is 0 Å². The molecule has 5 nitrogen and oxygen atoms in total. The van der Waals surface area contributed by atoms with Crippen LogP contribution in [-0.4, -0.2) is 39.8 Å². The number of hydrogen-bond acceptors (Lipinski definition) is 4. The first-order chi connectivity index (χ1) is 8.78. The lowest BCUT2D eigenvalue weighted by atomic mass is 10.2. The van der Waals surface area contributed by atoms with E-state index in [4.69, 9.17) is 9.84 Å². The molecule has 2 N–H and O–H groups in total. The maximum Gasteiger partial charge on any atom is 0.407 e. The van der Waals surface area contributed by atoms with Crippen molar-refractivity contribution in [1.82, 2.24) is 5.32 Å². The Balaban J connectivity index is 2.35. The Hall–Kier alpha value is -0.910. The minimum atomic E-state index is -0.776. The molecule has 0 aromatic rings. The third kappa shape index (κ3) is 6.71. The highest BCUT2D eigenvalue weighted by atomic mass is 32.2. The Morgan fingerprint density at radius 1 is 1.37 bits per heavy atom. The minimum absolute atomic E-state index is 0.0913. The Morgan fingerprint density at radius 2 is 2.05 bits per heavy atom. The fourth-order valence-electron chi connectivity index (χ4n) is 2.05. The molecule has 110 valence electrons. The third-order valence-corrected chi connectivity index (χ3v) is 4.23. The number of alkyl carbamates (subject to hydrolysis) is 1. The van der Waals surface area contributed by atoms with Crippen molar-refractivity contribution in [3.63, 3.8) is 0 Å². The van der Waals surface area contributed by atoms with Crippen LogP contribution in [0.2, 0.25) is 0 Å². The van der Waals surface area contributed by atoms with E-state index in [1.165, 1.54) is 0 Å². The lowest BCUT2D eigenvalue weighted by Gasteiger charge is -2.24. The number of carboxylic acids is 1. The van der Waals surface area contributed by atoms with Crippen molar-refractivity contribution in [3.8, 4) is 0 Å². The predicted molar refractivity (Wildman–Crippen MR) is 75.5 cm³/mol. The van der Waals surface area contributed by atoms with E-state index in [-0.39, 0.29) is 18.6 Å². The van der Waals surface area contributed by atoms with Crippen LogP contribution in [0.4, 0.5) is 4.79 Å². The van der Waals surface area contributed by atoms with E-state index < -0.39 is 11.6 Å². The average molecular weight is 289 g/mol. The van der Waals surface area contributed by atoms with Gasteiger partial charge in [0.15, 0.2) is 0 Å². The zero-order valence-electron chi connectivity index (χ0n) is 11.8. The van der Waals surface area contributed by atoms with Gasteiger partial charge in [0.2, 0.25) is 0 Å². The van der Waals surface area contributed by atoms with Gasteiger partial charge in [0.25, 0.3) is 0 Å². The van der Waals surface area contributed by atoms with Crippen LogP contribution in [0.3, 0.4) is 0 Å². The Bertz CT molecular complexity index is 327. The molecule has 0 aromatic heterocycles. The van der Waals surface area contributed by atoms with Gasteiger partial charge in [-0.2, -0.15) is 11.8 Å². The summed E-state index contributed by atoms with van der Waals surface area (Å²) in [4.78, 5) is 22.2. The molecule has 1 fully saturated rings. The first-order valence-corrected chi connectivity index (χ1v) is 7.66. The average Bonchev–Trinajstić information content (AvgIpc) is 2.62. The van der Waals surface area contributed by atoms with Crippen molar-refractivity contribution in [1.29, 1.82) is 0 Å². The fraction of sp³-hybridized carbons (Fsp3) is 0.846. The Kier molecular flexibility index (Phi) is 5.97. The summed E-state index contributed by atoms with van der Waals surface area (Å²) in [6.07, 6.45) is 2.79. The maximum atomic E-state index is 11.7. The fourth-order valence-corrected chi connectivity index (χ4v) is 3.41. The van der Waals surface area contributed by atoms with Gasteiger partial charge in [0.05, 0.1) is 6.42 Å². The standard InChI is InChI=1S/C13H23NO4S/c1-13(2,3)18-12(17)14-9-5-4-6-10(9)19-8-7-11(15)16/h9-10H,4-8H2,1-3H3,(H,14,17)(H,15,16). The van der Waals surface area contributed by atoms with Gasteiger partial charge in [0.1, 0.15) is 5.60 Å². The van der Waals surface area contributed by atoms with Crippen LogP contribution < -0.4 is 5.32 Å². The number of ether oxygens (including phenoxy) is 1. The quantitative estimate of drug-likeness (QED) is 0.813. The van der Waals surface area contributed by atoms with Crippen LogP contribution in [0, 0.1) is 0 Å². The van der Waals surface area contributed by atoms with Gasteiger partial charge in [-0.25, -0.2) is 4.79 Å². The monoisotopic (exact) mass is 289 g/mol. The molecular weight excluding hydrogens is 266 g/mol. The van der Waals surface area contributed by atoms with E-state index in [9.17, 15) is 9.59 Å². The summed E-state index contributed by atoms with van der Waals surface area (Å²) in [5.74, 6) is -0.186. The van der Waals surface area contributed by atoms with Crippen LogP contribution >= 0.6 is 11.8 Å². The molecule has 6 heteroatoms. The molecular formula is C13H23NO4S. The lowest BCUT2D eigenvalue weighted by molar-refractivity contribution is -0.136. The molecule has 0 aliphatic heterocycles. The third-order valence-electron chi connectivity index (χ3n) is 2.80. The SMILES string of the molecule is CC(C)(C)OC(=O)NC1CCCC1SCCC(=O)O. The first-order valence-electron chi connectivity index (χ1n) is 6.61. The highest BCUT2D eigenvalue weighted by molar-refractivity contribution is 8.00. The molecule has 1 rings (SSSR count). The smallest absolute Gasteiger partial charge is 0.407 e. The topological polar surface area (TPSA) is 75.6 Å². The number of carbonyl (C=O) groups excluding carboxylic acids is 1. The molecule has 0 saturated heterocycles. The van der Waals surface area contributed by atoms with Gasteiger partial charge in [0, 0.05) is 17.0 Å². The molecule has 19 heavy (non-hydrogen) atoms. The van der Waals surface area contributed by atoms with E-state index in [2.05, 4.69) is 5.32 Å². The molecule has 0 spiro atoms. The maximum absolute atomic E-state index is 11.7. The van der Waals surface area contributed by atoms with Crippen molar-refractivity contribution in [2.45, 2.75) is 63.3 Å². The summed E-state index contributed by atoms with van der Waals surface area (Å²) in [6.45, 7) is 5.50. The Morgan fingerprint density at radius 3 is 2.63 bits per heavy atom. The second kappa shape index (κ2) is 7.03. The van der Waals surface area contributed by atoms with Crippen molar-refractivity contribution in [2.24, 2.45) is 0 Å². The van der Waals surface area contributed by atoms with Gasteiger partial charge in [-0.15, -0.1) is 0 Å². The second-order valence-corrected chi connectivity index (χ2v) is 7.08. The van der Waals surface area contributed by atoms with Crippen molar-refractivity contribution in [2.75, 3.05) is 5.75 Å². The van der Waals surface area contributed by atoms with Gasteiger partial charge in [-0.05, 0) is 33.6 Å². The predicted octanol–water partition coefficient (Wildman–Crippen LogP) is 2.64. The molecule has 1 amide bonds. The summed E-state index contributed by atoms with van der Waals surface area (Å²) in [7, 11) is 0. The van der Waals surface area contributed by atoms with E-state index in [1.54, 1.807) is 11.8 Å². The van der Waals surface area contributed by atoms with Crippen LogP contribution in [0.1, 0.15) is 46.5 Å². The summed E-state index contributed by atoms with van der Waals surface area (Å²) in [5, 5.41) is 11.8. The molecule has 1 saturated carbocycles. The summed E-state index contributed by atoms with van der Waals surface area (Å²) in [6, 6.07) is 0.0913. The number of nitrogens with one attached hydrogen (secondary N) is 1. The Labute approximate surface area is 118 Å². The summed E-state index contributed by atoms with van der Waals surface area (Å²) < 4.78 is 5.24. The van der Waals surface area contributed by atoms with E-state index in [0.717, 1.165) is 19.3 Å². The molecule has 0 heterocycles. The van der Waals surface area contributed by atoms with Gasteiger partial charge < -0.3 is 15.2 Å². The van der Waals surface area contributed by atoms with Gasteiger partial charge in [-0.1, -0.05) is 6.42 Å². The number of hydrogen-bond donors (Lipinski definition) is 2. The van der Waals surface area contributed by atoms with Gasteiger partial charge in [-0.3, -0.25) is 4.79 Å². The van der Waals surface area contributed by atoms with Crippen molar-refractivity contribution < 1.29 is 19.4 Å². The van der Waals surface area contributed by atoms with Crippen LogP contribution in [0.5, 0.6) is 0 Å². The number of amides is 1. The number of rotatable bonds is 5. The highest BCUT2D eigenvalue weighted by Crippen LogP contribution is 2.30. The van der Waals surface area contributed by atoms with E-state index in [0.29, 0.717) is 11.0 Å². The first kappa shape index (κ1) is 16.1. The molecule has 0 aromatic carbocycles. The van der Waals surface area contributed by atoms with Crippen molar-refractivity contribution >= 4 is 23.8 Å². The number of carbonyl (C=O) groups is 2. The van der Waals surface area contributed by atoms with Gasteiger partial charge >= 0.3 is 12.1 Å². The summed E-state index contributed by atoms with van der Waals surface area (Å²) >= 11 is 1.63. The van der Waals surface area contributed by atoms with Crippen molar-refractivity contribution in [3.05, 3.63) is 0 Å². The number of carboxylic acid groups (broad SMARTS) is 1. The molecule has 2 atom stereocenters. The molecule has 1 aliphatic carbocycles. The minimum Gasteiger partial charge on any atom is -0.481 e. The lowest BCUT2D eigenvalue weighted by Crippen LogP contribution is -2.42. The van der Waals surface area contributed by atoms with E-state index in [1.807, 2.05) is 20.8 Å². The zero-order chi connectivity index (χ0) is 14.5. The number of aliphatic carboxylic acids is 1. The van der Waals surface area contributed by atoms with Crippen LogP contribution in [-0.2, 0) is 9.53 Å².